The number of anilines is 1. The van der Waals surface area contributed by atoms with Crippen LogP contribution in [0.2, 0.25) is 0 Å². The summed E-state index contributed by atoms with van der Waals surface area (Å²) in [4.78, 5) is 26.9. The van der Waals surface area contributed by atoms with E-state index in [0.29, 0.717) is 19.0 Å². The molecule has 5 rings (SSSR count). The van der Waals surface area contributed by atoms with Crippen LogP contribution >= 0.6 is 11.8 Å². The Hall–Kier alpha value is -2.80. The molecule has 196 valence electrons. The minimum Gasteiger partial charge on any atom is -0.444 e. The van der Waals surface area contributed by atoms with Gasteiger partial charge in [-0.15, -0.1) is 0 Å². The molecular formula is C30H38N4O2S. The lowest BCUT2D eigenvalue weighted by molar-refractivity contribution is 0.0218. The van der Waals surface area contributed by atoms with Gasteiger partial charge < -0.3 is 14.5 Å². The van der Waals surface area contributed by atoms with E-state index in [2.05, 4.69) is 55.1 Å². The lowest BCUT2D eigenvalue weighted by Crippen LogP contribution is -2.55. The van der Waals surface area contributed by atoms with Crippen molar-refractivity contribution in [3.63, 3.8) is 0 Å². The van der Waals surface area contributed by atoms with Gasteiger partial charge in [0, 0.05) is 31.2 Å². The van der Waals surface area contributed by atoms with Crippen LogP contribution in [0.15, 0.2) is 41.6 Å². The van der Waals surface area contributed by atoms with Crippen LogP contribution in [0.5, 0.6) is 0 Å². The number of carbonyl (C=O) groups excluding carboxylic acids is 1. The van der Waals surface area contributed by atoms with Gasteiger partial charge in [0.2, 0.25) is 0 Å². The maximum Gasteiger partial charge on any atom is 0.410 e. The number of aryl methyl sites for hydroxylation is 1. The van der Waals surface area contributed by atoms with E-state index >= 15 is 0 Å². The molecule has 7 heteroatoms. The number of benzene rings is 2. The minimum absolute atomic E-state index is 0.147. The molecular weight excluding hydrogens is 480 g/mol. The van der Waals surface area contributed by atoms with E-state index in [1.165, 1.54) is 33.2 Å². The van der Waals surface area contributed by atoms with Gasteiger partial charge in [-0.05, 0) is 82.4 Å². The Morgan fingerprint density at radius 3 is 2.65 bits per heavy atom. The molecule has 0 saturated carbocycles. The van der Waals surface area contributed by atoms with Crippen molar-refractivity contribution in [3.8, 4) is 0 Å². The summed E-state index contributed by atoms with van der Waals surface area (Å²) in [5.41, 5.74) is 4.72. The predicted molar refractivity (Wildman–Crippen MR) is 152 cm³/mol. The van der Waals surface area contributed by atoms with Gasteiger partial charge in [0.1, 0.15) is 11.4 Å². The second-order valence-electron chi connectivity index (χ2n) is 11.4. The van der Waals surface area contributed by atoms with Crippen molar-refractivity contribution in [1.82, 2.24) is 14.9 Å². The van der Waals surface area contributed by atoms with E-state index < -0.39 is 5.60 Å². The maximum atomic E-state index is 12.7. The second kappa shape index (κ2) is 10.2. The third-order valence-electron chi connectivity index (χ3n) is 7.44. The molecule has 1 aliphatic carbocycles. The molecule has 3 aromatic rings. The number of hydrogen-bond donors (Lipinski definition) is 0. The normalized spacial score (nSPS) is 20.2. The number of thioether (sulfide) groups is 1. The maximum absolute atomic E-state index is 12.7. The van der Waals surface area contributed by atoms with Crippen LogP contribution in [0.1, 0.15) is 62.4 Å². The number of carbonyl (C=O) groups is 1. The Kier molecular flexibility index (Phi) is 7.10. The van der Waals surface area contributed by atoms with Gasteiger partial charge in [0.05, 0.1) is 5.69 Å². The highest BCUT2D eigenvalue weighted by Gasteiger charge is 2.34. The summed E-state index contributed by atoms with van der Waals surface area (Å²) >= 11 is 1.60. The molecule has 37 heavy (non-hydrogen) atoms. The van der Waals surface area contributed by atoms with Crippen molar-refractivity contribution >= 4 is 34.4 Å². The fourth-order valence-electron chi connectivity index (χ4n) is 5.77. The molecule has 2 atom stereocenters. The summed E-state index contributed by atoms with van der Waals surface area (Å²) < 4.78 is 5.63. The highest BCUT2D eigenvalue weighted by atomic mass is 32.2. The average Bonchev–Trinajstić information content (AvgIpc) is 2.86. The van der Waals surface area contributed by atoms with Crippen LogP contribution in [-0.2, 0) is 17.6 Å². The highest BCUT2D eigenvalue weighted by Crippen LogP contribution is 2.40. The Morgan fingerprint density at radius 2 is 1.92 bits per heavy atom. The van der Waals surface area contributed by atoms with Crippen LogP contribution in [-0.4, -0.2) is 58.5 Å². The van der Waals surface area contributed by atoms with Crippen molar-refractivity contribution < 1.29 is 9.53 Å². The number of hydrogen-bond acceptors (Lipinski definition) is 6. The smallest absolute Gasteiger partial charge is 0.410 e. The highest BCUT2D eigenvalue weighted by molar-refractivity contribution is 7.98. The molecule has 2 heterocycles. The van der Waals surface area contributed by atoms with Crippen molar-refractivity contribution in [1.29, 1.82) is 0 Å². The zero-order valence-electron chi connectivity index (χ0n) is 22.9. The standard InChI is InChI=1S/C30H38N4O2S/c1-19-15-21-9-7-8-10-23(21)25(16-19)22-11-12-24-26(17-22)31-28(37-6)32-27(24)34-14-13-33(18-20(34)2)29(35)36-30(3,4)5/h7-10,15-16,20,22H,11-14,17-18H2,1-6H3/t20-,22?/m0/s1. The van der Waals surface area contributed by atoms with E-state index in [4.69, 9.17) is 14.7 Å². The fraction of sp³-hybridized carbons (Fsp3) is 0.500. The summed E-state index contributed by atoms with van der Waals surface area (Å²) in [6, 6.07) is 13.5. The number of piperazine rings is 1. The summed E-state index contributed by atoms with van der Waals surface area (Å²) in [7, 11) is 0. The number of aromatic nitrogens is 2. The van der Waals surface area contributed by atoms with Crippen LogP contribution in [0, 0.1) is 6.92 Å². The Balaban J connectivity index is 1.42. The summed E-state index contributed by atoms with van der Waals surface area (Å²) in [5.74, 6) is 1.49. The Labute approximate surface area is 224 Å². The van der Waals surface area contributed by atoms with Gasteiger partial charge in [-0.3, -0.25) is 0 Å². The topological polar surface area (TPSA) is 58.6 Å². The van der Waals surface area contributed by atoms with Gasteiger partial charge in [-0.2, -0.15) is 0 Å². The Bertz CT molecular complexity index is 1320. The molecule has 0 bridgehead atoms. The van der Waals surface area contributed by atoms with Crippen molar-refractivity contribution in [2.24, 2.45) is 0 Å². The third kappa shape index (κ3) is 5.42. The minimum atomic E-state index is -0.490. The van der Waals surface area contributed by atoms with Gasteiger partial charge in [-0.1, -0.05) is 53.7 Å². The third-order valence-corrected chi connectivity index (χ3v) is 7.99. The zero-order chi connectivity index (χ0) is 26.3. The van der Waals surface area contributed by atoms with Crippen LogP contribution < -0.4 is 4.90 Å². The molecule has 1 unspecified atom stereocenters. The molecule has 1 amide bonds. The van der Waals surface area contributed by atoms with Crippen molar-refractivity contribution in [2.75, 3.05) is 30.8 Å². The average molecular weight is 519 g/mol. The van der Waals surface area contributed by atoms with Gasteiger partial charge in [0.15, 0.2) is 5.16 Å². The summed E-state index contributed by atoms with van der Waals surface area (Å²) in [6.07, 6.45) is 4.79. The molecule has 1 fully saturated rings. The molecule has 1 aliphatic heterocycles. The van der Waals surface area contributed by atoms with E-state index in [1.54, 1.807) is 11.8 Å². The van der Waals surface area contributed by atoms with Gasteiger partial charge in [-0.25, -0.2) is 14.8 Å². The van der Waals surface area contributed by atoms with E-state index in [-0.39, 0.29) is 12.1 Å². The number of amides is 1. The number of rotatable bonds is 3. The molecule has 2 aromatic carbocycles. The number of fused-ring (bicyclic) bond motifs is 2. The molecule has 6 nitrogen and oxygen atoms in total. The zero-order valence-corrected chi connectivity index (χ0v) is 23.7. The lowest BCUT2D eigenvalue weighted by atomic mass is 9.80. The molecule has 2 aliphatic rings. The molecule has 1 saturated heterocycles. The first-order valence-electron chi connectivity index (χ1n) is 13.3. The van der Waals surface area contributed by atoms with E-state index in [9.17, 15) is 4.79 Å². The van der Waals surface area contributed by atoms with E-state index in [1.807, 2.05) is 31.9 Å². The lowest BCUT2D eigenvalue weighted by Gasteiger charge is -2.42. The Morgan fingerprint density at radius 1 is 1.14 bits per heavy atom. The SMILES string of the molecule is CSc1nc2c(c(N3CCN(C(=O)OC(C)(C)C)C[C@@H]3C)n1)CCC(c1cc(C)cc3ccccc13)C2. The summed E-state index contributed by atoms with van der Waals surface area (Å²) in [6.45, 7) is 12.1. The van der Waals surface area contributed by atoms with Crippen molar-refractivity contribution in [2.45, 2.75) is 76.6 Å². The fourth-order valence-corrected chi connectivity index (χ4v) is 6.15. The first-order chi connectivity index (χ1) is 17.6. The van der Waals surface area contributed by atoms with Crippen LogP contribution in [0.3, 0.4) is 0 Å². The second-order valence-corrected chi connectivity index (χ2v) is 12.2. The summed E-state index contributed by atoms with van der Waals surface area (Å²) in [5, 5.41) is 3.49. The largest absolute Gasteiger partial charge is 0.444 e. The van der Waals surface area contributed by atoms with Gasteiger partial charge >= 0.3 is 6.09 Å². The van der Waals surface area contributed by atoms with Crippen LogP contribution in [0.4, 0.5) is 10.6 Å². The molecule has 0 radical (unpaired) electrons. The van der Waals surface area contributed by atoms with Crippen molar-refractivity contribution in [3.05, 3.63) is 58.8 Å². The number of ether oxygens (including phenoxy) is 1. The predicted octanol–water partition coefficient (Wildman–Crippen LogP) is 6.38. The molecule has 0 spiro atoms. The molecule has 1 aromatic heterocycles. The quantitative estimate of drug-likeness (QED) is 0.296. The first kappa shape index (κ1) is 25.8. The first-order valence-corrected chi connectivity index (χ1v) is 14.5. The number of nitrogens with zero attached hydrogens (tertiary/aromatic N) is 4. The monoisotopic (exact) mass is 518 g/mol. The molecule has 0 N–H and O–H groups in total. The van der Waals surface area contributed by atoms with Crippen LogP contribution in [0.25, 0.3) is 10.8 Å². The van der Waals surface area contributed by atoms with Gasteiger partial charge in [0.25, 0.3) is 0 Å². The van der Waals surface area contributed by atoms with E-state index in [0.717, 1.165) is 36.8 Å².